The van der Waals surface area contributed by atoms with Crippen molar-refractivity contribution in [3.63, 3.8) is 0 Å². The molecule has 0 radical (unpaired) electrons. The molecule has 3 aromatic rings. The third-order valence-corrected chi connectivity index (χ3v) is 7.93. The van der Waals surface area contributed by atoms with Crippen molar-refractivity contribution in [2.24, 2.45) is 0 Å². The summed E-state index contributed by atoms with van der Waals surface area (Å²) in [6.07, 6.45) is 3.61. The molecule has 3 aliphatic heterocycles. The van der Waals surface area contributed by atoms with E-state index in [9.17, 15) is 15.0 Å². The molecule has 0 saturated carbocycles. The number of hydrogen-bond donors (Lipinski definition) is 3. The lowest BCUT2D eigenvalue weighted by atomic mass is 9.79. The van der Waals surface area contributed by atoms with E-state index in [4.69, 9.17) is 0 Å². The minimum Gasteiger partial charge on any atom is -0.388 e. The van der Waals surface area contributed by atoms with Crippen molar-refractivity contribution in [2.75, 3.05) is 0 Å². The Bertz CT molecular complexity index is 1140. The van der Waals surface area contributed by atoms with E-state index in [1.54, 1.807) is 11.1 Å². The Morgan fingerprint density at radius 2 is 1.84 bits per heavy atom. The molecule has 3 atom stereocenters. The summed E-state index contributed by atoms with van der Waals surface area (Å²) < 4.78 is 0. The van der Waals surface area contributed by atoms with E-state index in [1.165, 1.54) is 0 Å². The Labute approximate surface area is 186 Å². The molecule has 0 unspecified atom stereocenters. The molecule has 6 rings (SSSR count). The van der Waals surface area contributed by atoms with Gasteiger partial charge in [0, 0.05) is 18.0 Å². The number of aliphatic hydroxyl groups excluding tert-OH is 2. The lowest BCUT2D eigenvalue weighted by molar-refractivity contribution is -0.0670. The first-order valence-electron chi connectivity index (χ1n) is 11.5. The van der Waals surface area contributed by atoms with Crippen LogP contribution in [0.2, 0.25) is 0 Å². The summed E-state index contributed by atoms with van der Waals surface area (Å²) in [6, 6.07) is 15.5. The molecule has 3 aliphatic rings. The molecular formula is C25H28N4O3. The van der Waals surface area contributed by atoms with Crippen LogP contribution >= 0.6 is 0 Å². The number of hydrogen-bond acceptors (Lipinski definition) is 4. The van der Waals surface area contributed by atoms with E-state index in [1.807, 2.05) is 53.4 Å². The van der Waals surface area contributed by atoms with Gasteiger partial charge >= 0.3 is 6.03 Å². The van der Waals surface area contributed by atoms with E-state index in [0.29, 0.717) is 13.0 Å². The van der Waals surface area contributed by atoms with Crippen LogP contribution in [-0.4, -0.2) is 66.1 Å². The van der Waals surface area contributed by atoms with Gasteiger partial charge in [-0.1, -0.05) is 42.5 Å². The fourth-order valence-corrected chi connectivity index (χ4v) is 6.29. The number of amides is 2. The van der Waals surface area contributed by atoms with Crippen LogP contribution in [0, 0.1) is 0 Å². The van der Waals surface area contributed by atoms with Gasteiger partial charge in [0.1, 0.15) is 12.2 Å². The zero-order valence-corrected chi connectivity index (χ0v) is 17.9. The Morgan fingerprint density at radius 3 is 2.62 bits per heavy atom. The molecule has 4 heterocycles. The van der Waals surface area contributed by atoms with Gasteiger partial charge in [-0.15, -0.1) is 0 Å². The van der Waals surface area contributed by atoms with Gasteiger partial charge in [-0.25, -0.2) is 4.79 Å². The number of nitrogens with zero attached hydrogens (tertiary/aromatic N) is 3. The number of aromatic amines is 1. The summed E-state index contributed by atoms with van der Waals surface area (Å²) in [5, 5.41) is 31.0. The Morgan fingerprint density at radius 1 is 1.06 bits per heavy atom. The minimum atomic E-state index is -1.02. The highest BCUT2D eigenvalue weighted by atomic mass is 16.3. The highest BCUT2D eigenvalue weighted by Gasteiger charge is 2.63. The molecule has 1 aromatic heterocycles. The predicted molar refractivity (Wildman–Crippen MR) is 120 cm³/mol. The molecule has 3 N–H and O–H groups in total. The van der Waals surface area contributed by atoms with E-state index >= 15 is 0 Å². The van der Waals surface area contributed by atoms with Gasteiger partial charge in [-0.3, -0.25) is 5.10 Å². The molecule has 166 valence electrons. The van der Waals surface area contributed by atoms with Crippen LogP contribution in [0.3, 0.4) is 0 Å². The van der Waals surface area contributed by atoms with Crippen molar-refractivity contribution in [1.29, 1.82) is 0 Å². The maximum atomic E-state index is 14.0. The zero-order chi connectivity index (χ0) is 21.9. The van der Waals surface area contributed by atoms with Crippen LogP contribution < -0.4 is 0 Å². The molecule has 32 heavy (non-hydrogen) atoms. The quantitative estimate of drug-likeness (QED) is 0.591. The maximum Gasteiger partial charge on any atom is 0.321 e. The standard InChI is InChI=1S/C25H28N4O3/c30-22-21(13-16-4-2-1-3-5-16)28(15-17-6-7-18-14-26-27-20(18)12-17)24(32)29-19-8-10-25(29,11-9-19)23(22)31/h1-7,12,14,19,21-23,30-31H,8-11,13,15H2,(H,26,27)/t19?,21-,22+,23+,25?/m1/s1. The fraction of sp³-hybridized carbons (Fsp3) is 0.440. The van der Waals surface area contributed by atoms with Crippen molar-refractivity contribution in [3.05, 3.63) is 65.9 Å². The van der Waals surface area contributed by atoms with Crippen LogP contribution in [0.5, 0.6) is 0 Å². The molecule has 2 amide bonds. The number of aromatic nitrogens is 2. The molecule has 7 nitrogen and oxygen atoms in total. The molecule has 3 saturated heterocycles. The van der Waals surface area contributed by atoms with E-state index in [0.717, 1.165) is 47.7 Å². The molecule has 3 fully saturated rings. The number of carbonyl (C=O) groups excluding carboxylic acids is 1. The minimum absolute atomic E-state index is 0.0637. The molecule has 0 aliphatic carbocycles. The molecular weight excluding hydrogens is 404 g/mol. The van der Waals surface area contributed by atoms with Gasteiger partial charge < -0.3 is 20.0 Å². The SMILES string of the molecule is O=C1N(Cc2ccc3cn[nH]c3c2)[C@H](Cc2ccccc2)[C@H](O)[C@H](O)C23CCC(CC2)N13. The van der Waals surface area contributed by atoms with Gasteiger partial charge in [-0.05, 0) is 49.3 Å². The molecule has 0 spiro atoms. The van der Waals surface area contributed by atoms with Crippen LogP contribution in [0.4, 0.5) is 4.79 Å². The molecule has 2 aromatic carbocycles. The average Bonchev–Trinajstić information content (AvgIpc) is 3.53. The lowest BCUT2D eigenvalue weighted by Gasteiger charge is -2.38. The number of aliphatic hydroxyl groups is 2. The number of rotatable bonds is 4. The number of nitrogens with one attached hydrogen (secondary N) is 1. The first-order chi connectivity index (χ1) is 15.6. The number of H-pyrrole nitrogens is 1. The average molecular weight is 433 g/mol. The van der Waals surface area contributed by atoms with Crippen molar-refractivity contribution in [2.45, 2.75) is 68.5 Å². The smallest absolute Gasteiger partial charge is 0.321 e. The summed E-state index contributed by atoms with van der Waals surface area (Å²) in [5.74, 6) is 0. The second-order valence-corrected chi connectivity index (χ2v) is 9.60. The topological polar surface area (TPSA) is 92.7 Å². The first-order valence-corrected chi connectivity index (χ1v) is 11.5. The molecule has 7 heteroatoms. The molecule has 2 bridgehead atoms. The van der Waals surface area contributed by atoms with Crippen molar-refractivity contribution >= 4 is 16.9 Å². The number of urea groups is 1. The zero-order valence-electron chi connectivity index (χ0n) is 17.9. The first kappa shape index (κ1) is 19.8. The van der Waals surface area contributed by atoms with Gasteiger partial charge in [0.15, 0.2) is 0 Å². The summed E-state index contributed by atoms with van der Waals surface area (Å²) in [5.41, 5.74) is 2.29. The normalized spacial score (nSPS) is 31.9. The van der Waals surface area contributed by atoms with Crippen molar-refractivity contribution < 1.29 is 15.0 Å². The monoisotopic (exact) mass is 432 g/mol. The Hall–Kier alpha value is -2.90. The second kappa shape index (κ2) is 7.32. The summed E-state index contributed by atoms with van der Waals surface area (Å²) in [6.45, 7) is 0.369. The third-order valence-electron chi connectivity index (χ3n) is 7.93. The number of carbonyl (C=O) groups is 1. The van der Waals surface area contributed by atoms with Crippen LogP contribution in [0.25, 0.3) is 10.9 Å². The van der Waals surface area contributed by atoms with Crippen LogP contribution in [0.1, 0.15) is 36.8 Å². The summed E-state index contributed by atoms with van der Waals surface area (Å²) in [7, 11) is 0. The number of fused-ring (bicyclic) bond motifs is 1. The third kappa shape index (κ3) is 2.88. The van der Waals surface area contributed by atoms with Gasteiger partial charge in [0.2, 0.25) is 0 Å². The van der Waals surface area contributed by atoms with E-state index < -0.39 is 23.8 Å². The van der Waals surface area contributed by atoms with Gasteiger partial charge in [-0.2, -0.15) is 5.10 Å². The van der Waals surface area contributed by atoms with E-state index in [-0.39, 0.29) is 12.1 Å². The van der Waals surface area contributed by atoms with Gasteiger partial charge in [0.25, 0.3) is 0 Å². The largest absolute Gasteiger partial charge is 0.388 e. The van der Waals surface area contributed by atoms with E-state index in [2.05, 4.69) is 10.2 Å². The second-order valence-electron chi connectivity index (χ2n) is 9.60. The fourth-order valence-electron chi connectivity index (χ4n) is 6.29. The highest BCUT2D eigenvalue weighted by molar-refractivity contribution is 5.80. The predicted octanol–water partition coefficient (Wildman–Crippen LogP) is 2.83. The van der Waals surface area contributed by atoms with Gasteiger partial charge in [0.05, 0.1) is 23.3 Å². The summed E-state index contributed by atoms with van der Waals surface area (Å²) in [4.78, 5) is 17.7. The maximum absolute atomic E-state index is 14.0. The summed E-state index contributed by atoms with van der Waals surface area (Å²) >= 11 is 0. The Kier molecular flexibility index (Phi) is 4.52. The highest BCUT2D eigenvalue weighted by Crippen LogP contribution is 2.51. The van der Waals surface area contributed by atoms with Crippen LogP contribution in [0.15, 0.2) is 54.7 Å². The van der Waals surface area contributed by atoms with Crippen molar-refractivity contribution in [1.82, 2.24) is 20.0 Å². The van der Waals surface area contributed by atoms with Crippen LogP contribution in [-0.2, 0) is 13.0 Å². The Balaban J connectivity index is 1.41. The number of benzene rings is 2. The van der Waals surface area contributed by atoms with Crippen molar-refractivity contribution in [3.8, 4) is 0 Å². The lowest BCUT2D eigenvalue weighted by Crippen LogP contribution is -2.55.